The molecule has 0 aromatic heterocycles. The average molecular weight is 354 g/mol. The average Bonchev–Trinajstić information content (AvgIpc) is 3.37. The van der Waals surface area contributed by atoms with Crippen molar-refractivity contribution in [1.29, 1.82) is 0 Å². The van der Waals surface area contributed by atoms with Crippen molar-refractivity contribution in [2.75, 3.05) is 18.2 Å². The molecule has 4 nitrogen and oxygen atoms in total. The molecule has 2 aromatic carbocycles. The highest BCUT2D eigenvalue weighted by Gasteiger charge is 2.37. The van der Waals surface area contributed by atoms with E-state index >= 15 is 0 Å². The van der Waals surface area contributed by atoms with Gasteiger partial charge in [-0.25, -0.2) is 0 Å². The van der Waals surface area contributed by atoms with Gasteiger partial charge in [-0.05, 0) is 42.2 Å². The Morgan fingerprint density at radius 3 is 2.68 bits per heavy atom. The zero-order valence-electron chi connectivity index (χ0n) is 14.4. The fourth-order valence-electron chi connectivity index (χ4n) is 3.50. The van der Waals surface area contributed by atoms with Gasteiger partial charge in [-0.2, -0.15) is 0 Å². The summed E-state index contributed by atoms with van der Waals surface area (Å²) in [6.07, 6.45) is 2.12. The molecule has 0 spiro atoms. The molecule has 130 valence electrons. The van der Waals surface area contributed by atoms with Crippen LogP contribution in [0.15, 0.2) is 42.5 Å². The van der Waals surface area contributed by atoms with Crippen molar-refractivity contribution in [2.24, 2.45) is 0 Å². The molecule has 0 unspecified atom stereocenters. The van der Waals surface area contributed by atoms with Crippen molar-refractivity contribution in [3.63, 3.8) is 0 Å². The molecule has 0 radical (unpaired) electrons. The zero-order chi connectivity index (χ0) is 17.4. The highest BCUT2D eigenvalue weighted by Crippen LogP contribution is 2.35. The normalized spacial score (nSPS) is 18.6. The van der Waals surface area contributed by atoms with Crippen LogP contribution in [0, 0.1) is 0 Å². The van der Waals surface area contributed by atoms with Crippen LogP contribution in [0.5, 0.6) is 0 Å². The van der Waals surface area contributed by atoms with E-state index in [-0.39, 0.29) is 24.4 Å². The number of rotatable bonds is 5. The van der Waals surface area contributed by atoms with E-state index in [1.165, 1.54) is 10.8 Å². The fraction of sp³-hybridized carbons (Fsp3) is 0.400. The molecule has 1 aliphatic heterocycles. The van der Waals surface area contributed by atoms with E-state index in [0.29, 0.717) is 17.7 Å². The number of benzene rings is 2. The second kappa shape index (κ2) is 6.71. The fourth-order valence-corrected chi connectivity index (χ4v) is 4.41. The molecule has 2 aliphatic rings. The summed E-state index contributed by atoms with van der Waals surface area (Å²) in [5.41, 5.74) is 1.15. The van der Waals surface area contributed by atoms with Crippen LogP contribution in [0.4, 0.5) is 0 Å². The van der Waals surface area contributed by atoms with Gasteiger partial charge in [-0.1, -0.05) is 36.4 Å². The number of hydrogen-bond donors (Lipinski definition) is 0. The topological polar surface area (TPSA) is 40.6 Å². The summed E-state index contributed by atoms with van der Waals surface area (Å²) in [4.78, 5) is 28.4. The van der Waals surface area contributed by atoms with Crippen molar-refractivity contribution >= 4 is 34.3 Å². The molecule has 0 bridgehead atoms. The first-order valence-corrected chi connectivity index (χ1v) is 9.94. The lowest BCUT2D eigenvalue weighted by Gasteiger charge is -2.31. The first kappa shape index (κ1) is 16.5. The van der Waals surface area contributed by atoms with Gasteiger partial charge in [0.05, 0.1) is 17.7 Å². The number of hydrogen-bond acceptors (Lipinski definition) is 3. The SMILES string of the molecule is C[C@H](c1ccc2ccccc2c1)N(C(=O)CN1CSCC1=O)C1CC1. The molecule has 1 aliphatic carbocycles. The minimum atomic E-state index is 0.0231. The van der Waals surface area contributed by atoms with Crippen molar-refractivity contribution in [1.82, 2.24) is 9.80 Å². The van der Waals surface area contributed by atoms with Crippen LogP contribution in [0.3, 0.4) is 0 Å². The predicted molar refractivity (Wildman–Crippen MR) is 101 cm³/mol. The molecular formula is C20H22N2O2S. The Bertz CT molecular complexity index is 818. The summed E-state index contributed by atoms with van der Waals surface area (Å²) in [7, 11) is 0. The van der Waals surface area contributed by atoms with Crippen LogP contribution in [0.1, 0.15) is 31.4 Å². The predicted octanol–water partition coefficient (Wildman–Crippen LogP) is 3.42. The smallest absolute Gasteiger partial charge is 0.242 e. The summed E-state index contributed by atoms with van der Waals surface area (Å²) in [6.45, 7) is 2.31. The first-order chi connectivity index (χ1) is 12.1. The lowest BCUT2D eigenvalue weighted by molar-refractivity contribution is -0.140. The molecular weight excluding hydrogens is 332 g/mol. The number of amides is 2. The Balaban J connectivity index is 1.56. The minimum absolute atomic E-state index is 0.0231. The third kappa shape index (κ3) is 3.38. The Morgan fingerprint density at radius 1 is 1.24 bits per heavy atom. The molecule has 2 aromatic rings. The van der Waals surface area contributed by atoms with Crippen LogP contribution in [0.25, 0.3) is 10.8 Å². The molecule has 1 atom stereocenters. The van der Waals surface area contributed by atoms with Gasteiger partial charge >= 0.3 is 0 Å². The number of fused-ring (bicyclic) bond motifs is 1. The largest absolute Gasteiger partial charge is 0.331 e. The highest BCUT2D eigenvalue weighted by molar-refractivity contribution is 8.00. The monoisotopic (exact) mass is 354 g/mol. The lowest BCUT2D eigenvalue weighted by atomic mass is 10.0. The Labute approximate surface area is 152 Å². The zero-order valence-corrected chi connectivity index (χ0v) is 15.2. The van der Waals surface area contributed by atoms with E-state index in [1.807, 2.05) is 17.0 Å². The molecule has 25 heavy (non-hydrogen) atoms. The van der Waals surface area contributed by atoms with Crippen molar-refractivity contribution in [2.45, 2.75) is 31.8 Å². The Hall–Kier alpha value is -2.01. The van der Waals surface area contributed by atoms with E-state index in [0.717, 1.165) is 18.4 Å². The van der Waals surface area contributed by atoms with Crippen molar-refractivity contribution < 1.29 is 9.59 Å². The van der Waals surface area contributed by atoms with Crippen LogP contribution >= 0.6 is 11.8 Å². The Kier molecular flexibility index (Phi) is 4.42. The van der Waals surface area contributed by atoms with Gasteiger partial charge in [0, 0.05) is 6.04 Å². The van der Waals surface area contributed by atoms with Gasteiger partial charge in [-0.3, -0.25) is 9.59 Å². The van der Waals surface area contributed by atoms with Gasteiger partial charge in [0.25, 0.3) is 0 Å². The highest BCUT2D eigenvalue weighted by atomic mass is 32.2. The molecule has 1 heterocycles. The Morgan fingerprint density at radius 2 is 2.00 bits per heavy atom. The lowest BCUT2D eigenvalue weighted by Crippen LogP contribution is -2.43. The van der Waals surface area contributed by atoms with E-state index < -0.39 is 0 Å². The molecule has 2 amide bonds. The molecule has 5 heteroatoms. The number of carbonyl (C=O) groups is 2. The minimum Gasteiger partial charge on any atom is -0.331 e. The van der Waals surface area contributed by atoms with Crippen LogP contribution in [-0.4, -0.2) is 45.8 Å². The van der Waals surface area contributed by atoms with Gasteiger partial charge in [0.1, 0.15) is 6.54 Å². The molecule has 0 N–H and O–H groups in total. The van der Waals surface area contributed by atoms with E-state index in [1.54, 1.807) is 16.7 Å². The quantitative estimate of drug-likeness (QED) is 0.826. The van der Waals surface area contributed by atoms with Gasteiger partial charge in [-0.15, -0.1) is 11.8 Å². The third-order valence-corrected chi connectivity index (χ3v) is 6.00. The number of carbonyl (C=O) groups excluding carboxylic acids is 2. The van der Waals surface area contributed by atoms with Gasteiger partial charge < -0.3 is 9.80 Å². The number of thioether (sulfide) groups is 1. The number of nitrogens with zero attached hydrogens (tertiary/aromatic N) is 2. The van der Waals surface area contributed by atoms with Crippen LogP contribution < -0.4 is 0 Å². The van der Waals surface area contributed by atoms with Gasteiger partial charge in [0.2, 0.25) is 11.8 Å². The second-order valence-electron chi connectivity index (χ2n) is 6.88. The molecule has 1 saturated carbocycles. The standard InChI is InChI=1S/C20H22N2O2S/c1-14(16-7-6-15-4-2-3-5-17(15)10-16)22(18-8-9-18)19(23)11-21-13-25-12-20(21)24/h2-7,10,14,18H,8-9,11-13H2,1H3/t14-/m1/s1. The van der Waals surface area contributed by atoms with Crippen LogP contribution in [0.2, 0.25) is 0 Å². The molecule has 4 rings (SSSR count). The van der Waals surface area contributed by atoms with Crippen molar-refractivity contribution in [3.05, 3.63) is 48.0 Å². The van der Waals surface area contributed by atoms with E-state index in [2.05, 4.69) is 37.3 Å². The van der Waals surface area contributed by atoms with Crippen LogP contribution in [-0.2, 0) is 9.59 Å². The molecule has 1 saturated heterocycles. The summed E-state index contributed by atoms with van der Waals surface area (Å²) in [5.74, 6) is 1.27. The third-order valence-electron chi connectivity index (χ3n) is 5.05. The van der Waals surface area contributed by atoms with E-state index in [4.69, 9.17) is 0 Å². The van der Waals surface area contributed by atoms with Gasteiger partial charge in [0.15, 0.2) is 0 Å². The second-order valence-corrected chi connectivity index (χ2v) is 7.84. The van der Waals surface area contributed by atoms with E-state index in [9.17, 15) is 9.59 Å². The maximum absolute atomic E-state index is 12.9. The summed E-state index contributed by atoms with van der Waals surface area (Å²) < 4.78 is 0. The summed E-state index contributed by atoms with van der Waals surface area (Å²) in [6, 6.07) is 15.0. The molecule has 2 fully saturated rings. The first-order valence-electron chi connectivity index (χ1n) is 8.79. The maximum Gasteiger partial charge on any atom is 0.242 e. The maximum atomic E-state index is 12.9. The van der Waals surface area contributed by atoms with Crippen molar-refractivity contribution in [3.8, 4) is 0 Å². The summed E-state index contributed by atoms with van der Waals surface area (Å²) in [5, 5.41) is 2.41. The summed E-state index contributed by atoms with van der Waals surface area (Å²) >= 11 is 1.58.